The number of aliphatic carboxylic acids is 1. The predicted octanol–water partition coefficient (Wildman–Crippen LogP) is -0.0495. The number of fused-ring (bicyclic) bond motifs is 1. The molecule has 1 aromatic rings. The van der Waals surface area contributed by atoms with Gasteiger partial charge in [-0.25, -0.2) is 13.2 Å². The molecular weight excluding hydrogens is 322 g/mol. The van der Waals surface area contributed by atoms with Crippen LogP contribution in [0.3, 0.4) is 0 Å². The number of carbonyl (C=O) groups is 2. The zero-order valence-corrected chi connectivity index (χ0v) is 13.4. The molecule has 1 aromatic carbocycles. The molecule has 0 spiro atoms. The number of hydrogen-bond donors (Lipinski definition) is 3. The molecule has 124 valence electrons. The Hall–Kier alpha value is -2.42. The third-order valence-electron chi connectivity index (χ3n) is 3.29. The van der Waals surface area contributed by atoms with Crippen LogP contribution in [0.5, 0.6) is 0 Å². The van der Waals surface area contributed by atoms with Gasteiger partial charge in [-0.15, -0.1) is 0 Å². The van der Waals surface area contributed by atoms with Crippen molar-refractivity contribution in [1.82, 2.24) is 10.0 Å². The van der Waals surface area contributed by atoms with E-state index in [0.717, 1.165) is 0 Å². The normalized spacial score (nSPS) is 18.3. The summed E-state index contributed by atoms with van der Waals surface area (Å²) in [6.45, 7) is 2.97. The Balaban J connectivity index is 2.13. The highest BCUT2D eigenvalue weighted by atomic mass is 32.2. The topological polar surface area (TPSA) is 125 Å². The summed E-state index contributed by atoms with van der Waals surface area (Å²) in [5, 5.41) is 11.4. The van der Waals surface area contributed by atoms with Gasteiger partial charge in [-0.2, -0.15) is 0 Å². The van der Waals surface area contributed by atoms with Gasteiger partial charge in [-0.3, -0.25) is 14.5 Å². The molecule has 0 saturated carbocycles. The molecule has 9 heteroatoms. The van der Waals surface area contributed by atoms with Gasteiger partial charge in [0.2, 0.25) is 5.91 Å². The van der Waals surface area contributed by atoms with Crippen molar-refractivity contribution in [1.29, 1.82) is 0 Å². The molecule has 0 unspecified atom stereocenters. The molecule has 1 amide bonds. The maximum Gasteiger partial charge on any atom is 0.326 e. The number of hydrogen-bond acceptors (Lipinski definition) is 5. The van der Waals surface area contributed by atoms with Gasteiger partial charge in [0.25, 0.3) is 10.0 Å². The quantitative estimate of drug-likeness (QED) is 0.693. The molecule has 8 nitrogen and oxygen atoms in total. The first-order chi connectivity index (χ1) is 10.7. The summed E-state index contributed by atoms with van der Waals surface area (Å²) in [5.41, 5.74) is 0.388. The minimum absolute atomic E-state index is 0.0761. The van der Waals surface area contributed by atoms with E-state index in [4.69, 9.17) is 5.11 Å². The minimum Gasteiger partial charge on any atom is -0.480 e. The molecule has 1 heterocycles. The fraction of sp³-hybridized carbons (Fsp3) is 0.357. The maximum atomic E-state index is 11.9. The van der Waals surface area contributed by atoms with Crippen LogP contribution in [-0.2, 0) is 19.6 Å². The number of carboxylic acids is 1. The Kier molecular flexibility index (Phi) is 4.69. The largest absolute Gasteiger partial charge is 0.480 e. The van der Waals surface area contributed by atoms with Crippen LogP contribution < -0.4 is 10.0 Å². The van der Waals surface area contributed by atoms with Crippen LogP contribution in [0, 0.1) is 5.92 Å². The second kappa shape index (κ2) is 6.37. The highest BCUT2D eigenvalue weighted by Gasteiger charge is 2.30. The highest BCUT2D eigenvalue weighted by molar-refractivity contribution is 7.90. The van der Waals surface area contributed by atoms with Crippen molar-refractivity contribution in [2.45, 2.75) is 24.8 Å². The standard InChI is InChI=1S/C14H17N3O5S/c1-8(2)12(14(19)20)16-11(18)7-15-13-9-5-3-4-6-10(9)23(21,22)17-13/h3-6,8,12H,7H2,1-2H3,(H,15,17)(H,16,18)(H,19,20)/t12-/m1/s1. The number of aliphatic imine (C=N–C) groups is 1. The van der Waals surface area contributed by atoms with Crippen molar-refractivity contribution in [3.05, 3.63) is 29.8 Å². The van der Waals surface area contributed by atoms with Crippen LogP contribution in [0.2, 0.25) is 0 Å². The van der Waals surface area contributed by atoms with Crippen LogP contribution in [0.4, 0.5) is 0 Å². The van der Waals surface area contributed by atoms with Crippen molar-refractivity contribution in [2.24, 2.45) is 10.9 Å². The van der Waals surface area contributed by atoms with E-state index in [9.17, 15) is 18.0 Å². The number of nitrogens with one attached hydrogen (secondary N) is 2. The van der Waals surface area contributed by atoms with Gasteiger partial charge in [0.15, 0.2) is 0 Å². The van der Waals surface area contributed by atoms with Crippen LogP contribution in [0.1, 0.15) is 19.4 Å². The van der Waals surface area contributed by atoms with E-state index in [2.05, 4.69) is 15.0 Å². The van der Waals surface area contributed by atoms with Gasteiger partial charge < -0.3 is 10.4 Å². The van der Waals surface area contributed by atoms with E-state index in [0.29, 0.717) is 5.56 Å². The third kappa shape index (κ3) is 3.67. The minimum atomic E-state index is -3.66. The summed E-state index contributed by atoms with van der Waals surface area (Å²) in [5.74, 6) is -1.93. The summed E-state index contributed by atoms with van der Waals surface area (Å²) < 4.78 is 26.1. The van der Waals surface area contributed by atoms with Crippen LogP contribution in [0.25, 0.3) is 0 Å². The van der Waals surface area contributed by atoms with E-state index < -0.39 is 27.9 Å². The van der Waals surface area contributed by atoms with E-state index in [1.165, 1.54) is 6.07 Å². The maximum absolute atomic E-state index is 11.9. The second-order valence-corrected chi connectivity index (χ2v) is 7.04. The number of amidine groups is 1. The molecule has 0 aromatic heterocycles. The molecule has 0 saturated heterocycles. The number of rotatable bonds is 5. The fourth-order valence-electron chi connectivity index (χ4n) is 2.13. The Morgan fingerprint density at radius 2 is 1.96 bits per heavy atom. The lowest BCUT2D eigenvalue weighted by molar-refractivity contribution is -0.142. The molecular formula is C14H17N3O5S. The average molecular weight is 339 g/mol. The number of nitrogens with zero attached hydrogens (tertiary/aromatic N) is 1. The molecule has 23 heavy (non-hydrogen) atoms. The van der Waals surface area contributed by atoms with Gasteiger partial charge in [-0.05, 0) is 18.1 Å². The van der Waals surface area contributed by atoms with E-state index >= 15 is 0 Å². The van der Waals surface area contributed by atoms with Crippen LogP contribution in [-0.4, -0.2) is 43.8 Å². The fourth-order valence-corrected chi connectivity index (χ4v) is 3.39. The Morgan fingerprint density at radius 3 is 2.57 bits per heavy atom. The zero-order chi connectivity index (χ0) is 17.2. The molecule has 3 N–H and O–H groups in total. The Labute approximate surface area is 133 Å². The third-order valence-corrected chi connectivity index (χ3v) is 4.69. The number of sulfonamides is 1. The monoisotopic (exact) mass is 339 g/mol. The molecule has 1 aliphatic rings. The van der Waals surface area contributed by atoms with Gasteiger partial charge >= 0.3 is 5.97 Å². The number of carbonyl (C=O) groups excluding carboxylic acids is 1. The second-order valence-electron chi connectivity index (χ2n) is 5.39. The summed E-state index contributed by atoms with van der Waals surface area (Å²) in [4.78, 5) is 26.9. The molecule has 0 fully saturated rings. The summed E-state index contributed by atoms with van der Waals surface area (Å²) in [6, 6.07) is 5.26. The Bertz CT molecular complexity index is 770. The van der Waals surface area contributed by atoms with Crippen LogP contribution >= 0.6 is 0 Å². The lowest BCUT2D eigenvalue weighted by atomic mass is 10.1. The number of amides is 1. The van der Waals surface area contributed by atoms with E-state index in [-0.39, 0.29) is 23.2 Å². The molecule has 2 rings (SSSR count). The zero-order valence-electron chi connectivity index (χ0n) is 12.6. The van der Waals surface area contributed by atoms with Crippen molar-refractivity contribution >= 4 is 27.7 Å². The SMILES string of the molecule is CC(C)[C@@H](NC(=O)CN=C1NS(=O)(=O)c2ccccc21)C(=O)O. The van der Waals surface area contributed by atoms with Crippen LogP contribution in [0.15, 0.2) is 34.2 Å². The molecule has 0 radical (unpaired) electrons. The summed E-state index contributed by atoms with van der Waals surface area (Å²) in [6.07, 6.45) is 0. The van der Waals surface area contributed by atoms with Gasteiger partial charge in [0.1, 0.15) is 18.4 Å². The van der Waals surface area contributed by atoms with Gasteiger partial charge in [-0.1, -0.05) is 26.0 Å². The molecule has 0 aliphatic carbocycles. The van der Waals surface area contributed by atoms with Crippen molar-refractivity contribution in [3.8, 4) is 0 Å². The lowest BCUT2D eigenvalue weighted by Crippen LogP contribution is -2.45. The average Bonchev–Trinajstić information content (AvgIpc) is 2.74. The summed E-state index contributed by atoms with van der Waals surface area (Å²) in [7, 11) is -3.66. The van der Waals surface area contributed by atoms with Crippen molar-refractivity contribution in [2.75, 3.05) is 6.54 Å². The highest BCUT2D eigenvalue weighted by Crippen LogP contribution is 2.21. The summed E-state index contributed by atoms with van der Waals surface area (Å²) >= 11 is 0. The number of benzene rings is 1. The first-order valence-corrected chi connectivity index (χ1v) is 8.39. The molecule has 1 atom stereocenters. The smallest absolute Gasteiger partial charge is 0.326 e. The molecule has 0 bridgehead atoms. The van der Waals surface area contributed by atoms with Gasteiger partial charge in [0.05, 0.1) is 4.90 Å². The lowest BCUT2D eigenvalue weighted by Gasteiger charge is -2.17. The van der Waals surface area contributed by atoms with E-state index in [1.807, 2.05) is 0 Å². The van der Waals surface area contributed by atoms with Crippen molar-refractivity contribution < 1.29 is 23.1 Å². The van der Waals surface area contributed by atoms with Crippen molar-refractivity contribution in [3.63, 3.8) is 0 Å². The Morgan fingerprint density at radius 1 is 1.30 bits per heavy atom. The first kappa shape index (κ1) is 16.9. The number of carboxylic acid groups (broad SMARTS) is 1. The molecule has 1 aliphatic heterocycles. The predicted molar refractivity (Wildman–Crippen MR) is 82.6 cm³/mol. The first-order valence-electron chi connectivity index (χ1n) is 6.91. The van der Waals surface area contributed by atoms with E-state index in [1.54, 1.807) is 32.0 Å². The van der Waals surface area contributed by atoms with Gasteiger partial charge in [0, 0.05) is 5.56 Å².